The molecule has 0 N–H and O–H groups in total. The van der Waals surface area contributed by atoms with E-state index >= 15 is 0 Å². The molecule has 0 spiro atoms. The summed E-state index contributed by atoms with van der Waals surface area (Å²) in [4.78, 5) is 0. The zero-order chi connectivity index (χ0) is 18.5. The van der Waals surface area contributed by atoms with Gasteiger partial charge in [-0.3, -0.25) is 4.57 Å². The summed E-state index contributed by atoms with van der Waals surface area (Å²) >= 11 is 1.58. The van der Waals surface area contributed by atoms with E-state index in [0.29, 0.717) is 12.3 Å². The summed E-state index contributed by atoms with van der Waals surface area (Å²) in [6, 6.07) is 22.0. The van der Waals surface area contributed by atoms with Crippen LogP contribution in [0.15, 0.2) is 89.1 Å². The summed E-state index contributed by atoms with van der Waals surface area (Å²) in [6.45, 7) is 4.50. The fraction of sp³-hybridized carbons (Fsp3) is 0.0952. The van der Waals surface area contributed by atoms with E-state index < -0.39 is 0 Å². The molecule has 6 heteroatoms. The van der Waals surface area contributed by atoms with Gasteiger partial charge in [-0.25, -0.2) is 0 Å². The number of aromatic nitrogens is 4. The van der Waals surface area contributed by atoms with E-state index in [-0.39, 0.29) is 0 Å². The van der Waals surface area contributed by atoms with Crippen molar-refractivity contribution in [3.63, 3.8) is 0 Å². The Morgan fingerprint density at radius 2 is 1.67 bits per heavy atom. The molecule has 0 saturated carbocycles. The van der Waals surface area contributed by atoms with Crippen molar-refractivity contribution in [2.45, 2.75) is 17.5 Å². The lowest BCUT2D eigenvalue weighted by Crippen LogP contribution is -2.00. The minimum Gasteiger partial charge on any atom is -0.356 e. The van der Waals surface area contributed by atoms with Gasteiger partial charge in [0, 0.05) is 29.5 Å². The highest BCUT2D eigenvalue weighted by molar-refractivity contribution is 7.98. The van der Waals surface area contributed by atoms with Crippen LogP contribution in [0.1, 0.15) is 5.69 Å². The van der Waals surface area contributed by atoms with Crippen LogP contribution in [0.2, 0.25) is 0 Å². The SMILES string of the molecule is C=CCn1c(SCc2cc(-c3ccccc3)on2)nnc1-c1ccccc1. The van der Waals surface area contributed by atoms with Crippen LogP contribution >= 0.6 is 11.8 Å². The lowest BCUT2D eigenvalue weighted by Gasteiger charge is -2.07. The van der Waals surface area contributed by atoms with E-state index in [1.807, 2.05) is 72.8 Å². The normalized spacial score (nSPS) is 10.8. The molecule has 0 unspecified atom stereocenters. The van der Waals surface area contributed by atoms with Gasteiger partial charge in [-0.05, 0) is 0 Å². The van der Waals surface area contributed by atoms with Gasteiger partial charge in [-0.15, -0.1) is 16.8 Å². The van der Waals surface area contributed by atoms with Gasteiger partial charge in [0.1, 0.15) is 0 Å². The zero-order valence-electron chi connectivity index (χ0n) is 14.7. The molecular formula is C21H18N4OS. The molecule has 2 aromatic heterocycles. The molecule has 0 radical (unpaired) electrons. The number of nitrogens with zero attached hydrogens (tertiary/aromatic N) is 4. The van der Waals surface area contributed by atoms with Crippen LogP contribution < -0.4 is 0 Å². The van der Waals surface area contributed by atoms with Crippen LogP contribution in [-0.2, 0) is 12.3 Å². The van der Waals surface area contributed by atoms with E-state index in [2.05, 4.69) is 26.5 Å². The Labute approximate surface area is 161 Å². The molecule has 27 heavy (non-hydrogen) atoms. The Morgan fingerprint density at radius 3 is 2.37 bits per heavy atom. The number of hydrogen-bond acceptors (Lipinski definition) is 5. The first-order valence-corrected chi connectivity index (χ1v) is 9.57. The quantitative estimate of drug-likeness (QED) is 0.334. The molecule has 0 fully saturated rings. The first-order chi connectivity index (χ1) is 13.3. The zero-order valence-corrected chi connectivity index (χ0v) is 15.5. The second-order valence-electron chi connectivity index (χ2n) is 5.91. The number of benzene rings is 2. The Hall–Kier alpha value is -3.12. The van der Waals surface area contributed by atoms with Crippen LogP contribution in [0.4, 0.5) is 0 Å². The molecule has 4 aromatic rings. The monoisotopic (exact) mass is 374 g/mol. The molecule has 2 heterocycles. The van der Waals surface area contributed by atoms with Crippen LogP contribution in [0, 0.1) is 0 Å². The maximum atomic E-state index is 5.47. The topological polar surface area (TPSA) is 56.7 Å². The van der Waals surface area contributed by atoms with Crippen LogP contribution in [0.25, 0.3) is 22.7 Å². The van der Waals surface area contributed by atoms with Crippen molar-refractivity contribution in [1.29, 1.82) is 0 Å². The average Bonchev–Trinajstić information content (AvgIpc) is 3.35. The van der Waals surface area contributed by atoms with Crippen molar-refractivity contribution in [2.24, 2.45) is 0 Å². The third-order valence-electron chi connectivity index (χ3n) is 4.03. The maximum Gasteiger partial charge on any atom is 0.192 e. The van der Waals surface area contributed by atoms with Crippen molar-refractivity contribution in [2.75, 3.05) is 0 Å². The standard InChI is InChI=1S/C21H18N4OS/c1-2-13-25-20(17-11-7-4-8-12-17)22-23-21(25)27-15-18-14-19(26-24-18)16-9-5-3-6-10-16/h2-12,14H,1,13,15H2. The van der Waals surface area contributed by atoms with Gasteiger partial charge >= 0.3 is 0 Å². The average molecular weight is 374 g/mol. The van der Waals surface area contributed by atoms with E-state index in [0.717, 1.165) is 33.6 Å². The van der Waals surface area contributed by atoms with Gasteiger partial charge in [-0.1, -0.05) is 83.7 Å². The molecule has 0 saturated heterocycles. The van der Waals surface area contributed by atoms with Crippen LogP contribution in [0.3, 0.4) is 0 Å². The van der Waals surface area contributed by atoms with E-state index in [1.165, 1.54) is 0 Å². The number of allylic oxidation sites excluding steroid dienone is 1. The lowest BCUT2D eigenvalue weighted by molar-refractivity contribution is 0.426. The molecule has 134 valence electrons. The molecular weight excluding hydrogens is 356 g/mol. The van der Waals surface area contributed by atoms with Crippen molar-refractivity contribution >= 4 is 11.8 Å². The molecule has 4 rings (SSSR count). The van der Waals surface area contributed by atoms with Gasteiger partial charge in [-0.2, -0.15) is 0 Å². The van der Waals surface area contributed by atoms with Gasteiger partial charge in [0.25, 0.3) is 0 Å². The Balaban J connectivity index is 1.53. The summed E-state index contributed by atoms with van der Waals surface area (Å²) in [7, 11) is 0. The van der Waals surface area contributed by atoms with Crippen molar-refractivity contribution in [3.8, 4) is 22.7 Å². The molecule has 0 aliphatic carbocycles. The number of rotatable bonds is 7. The van der Waals surface area contributed by atoms with Gasteiger partial charge < -0.3 is 4.52 Å². The Kier molecular flexibility index (Phi) is 5.16. The van der Waals surface area contributed by atoms with Crippen molar-refractivity contribution in [3.05, 3.63) is 85.1 Å². The highest BCUT2D eigenvalue weighted by Crippen LogP contribution is 2.28. The molecule has 5 nitrogen and oxygen atoms in total. The molecule has 0 aliphatic rings. The predicted molar refractivity (Wildman–Crippen MR) is 107 cm³/mol. The third-order valence-corrected chi connectivity index (χ3v) is 5.03. The fourth-order valence-electron chi connectivity index (χ4n) is 2.75. The Bertz CT molecular complexity index is 1020. The highest BCUT2D eigenvalue weighted by Gasteiger charge is 2.14. The predicted octanol–water partition coefficient (Wildman–Crippen LogP) is 5.08. The number of hydrogen-bond donors (Lipinski definition) is 0. The van der Waals surface area contributed by atoms with Gasteiger partial charge in [0.15, 0.2) is 16.7 Å². The molecule has 0 amide bonds. The van der Waals surface area contributed by atoms with Crippen molar-refractivity contribution in [1.82, 2.24) is 19.9 Å². The van der Waals surface area contributed by atoms with Crippen LogP contribution in [0.5, 0.6) is 0 Å². The molecule has 2 aromatic carbocycles. The summed E-state index contributed by atoms with van der Waals surface area (Å²) in [5.41, 5.74) is 2.92. The minimum atomic E-state index is 0.646. The molecule has 0 bridgehead atoms. The smallest absolute Gasteiger partial charge is 0.192 e. The van der Waals surface area contributed by atoms with E-state index in [1.54, 1.807) is 11.8 Å². The second-order valence-corrected chi connectivity index (χ2v) is 6.85. The lowest BCUT2D eigenvalue weighted by atomic mass is 10.2. The Morgan fingerprint density at radius 1 is 0.963 bits per heavy atom. The summed E-state index contributed by atoms with van der Waals surface area (Å²) < 4.78 is 7.53. The largest absolute Gasteiger partial charge is 0.356 e. The maximum absolute atomic E-state index is 5.47. The first kappa shape index (κ1) is 17.3. The molecule has 0 atom stereocenters. The first-order valence-electron chi connectivity index (χ1n) is 8.58. The third kappa shape index (κ3) is 3.85. The van der Waals surface area contributed by atoms with E-state index in [9.17, 15) is 0 Å². The van der Waals surface area contributed by atoms with Crippen LogP contribution in [-0.4, -0.2) is 19.9 Å². The number of thioether (sulfide) groups is 1. The van der Waals surface area contributed by atoms with Crippen molar-refractivity contribution < 1.29 is 4.52 Å². The minimum absolute atomic E-state index is 0.646. The molecule has 0 aliphatic heterocycles. The van der Waals surface area contributed by atoms with E-state index in [4.69, 9.17) is 4.52 Å². The summed E-state index contributed by atoms with van der Waals surface area (Å²) in [5, 5.41) is 13.7. The summed E-state index contributed by atoms with van der Waals surface area (Å²) in [6.07, 6.45) is 1.85. The second kappa shape index (κ2) is 8.05. The van der Waals surface area contributed by atoms with Gasteiger partial charge in [0.2, 0.25) is 0 Å². The fourth-order valence-corrected chi connectivity index (χ4v) is 3.58. The van der Waals surface area contributed by atoms with Gasteiger partial charge in [0.05, 0.1) is 5.69 Å². The summed E-state index contributed by atoms with van der Waals surface area (Å²) in [5.74, 6) is 2.26. The highest BCUT2D eigenvalue weighted by atomic mass is 32.2.